The van der Waals surface area contributed by atoms with E-state index in [1.54, 1.807) is 0 Å². The molecule has 1 aromatic heterocycles. The smallest absolute Gasteiger partial charge is 0.122 e. The number of aliphatic hydroxyl groups excluding tert-OH is 1. The van der Waals surface area contributed by atoms with Crippen molar-refractivity contribution in [2.24, 2.45) is 0 Å². The van der Waals surface area contributed by atoms with Crippen molar-refractivity contribution in [3.8, 4) is 5.75 Å². The average Bonchev–Trinajstić information content (AvgIpc) is 3.06. The molecule has 0 aliphatic heterocycles. The first-order chi connectivity index (χ1) is 14.1. The Bertz CT molecular complexity index is 1100. The molecule has 148 valence electrons. The molecule has 1 atom stereocenters. The molecular weight excluding hydrogens is 360 g/mol. The summed E-state index contributed by atoms with van der Waals surface area (Å²) >= 11 is 0. The van der Waals surface area contributed by atoms with Gasteiger partial charge in [0.05, 0.1) is 17.6 Å². The number of aromatic nitrogens is 2. The molecule has 4 aromatic rings. The quantitative estimate of drug-likeness (QED) is 0.501. The summed E-state index contributed by atoms with van der Waals surface area (Å²) in [7, 11) is 0. The Morgan fingerprint density at radius 3 is 2.55 bits per heavy atom. The van der Waals surface area contributed by atoms with Crippen LogP contribution in [-0.4, -0.2) is 27.4 Å². The van der Waals surface area contributed by atoms with E-state index in [1.807, 2.05) is 62.4 Å². The van der Waals surface area contributed by atoms with Gasteiger partial charge in [-0.2, -0.15) is 0 Å². The number of hydrogen-bond acceptors (Lipinski definition) is 3. The van der Waals surface area contributed by atoms with E-state index in [0.29, 0.717) is 6.54 Å². The van der Waals surface area contributed by atoms with E-state index in [4.69, 9.17) is 9.72 Å². The minimum atomic E-state index is -0.637. The van der Waals surface area contributed by atoms with E-state index in [2.05, 4.69) is 28.8 Å². The fraction of sp³-hybridized carbons (Fsp3) is 0.240. The van der Waals surface area contributed by atoms with Crippen LogP contribution in [-0.2, 0) is 13.0 Å². The van der Waals surface area contributed by atoms with Gasteiger partial charge in [0.1, 0.15) is 24.3 Å². The van der Waals surface area contributed by atoms with Crippen molar-refractivity contribution >= 4 is 11.0 Å². The van der Waals surface area contributed by atoms with Crippen molar-refractivity contribution in [2.45, 2.75) is 32.9 Å². The third-order valence-electron chi connectivity index (χ3n) is 5.11. The van der Waals surface area contributed by atoms with E-state index in [0.717, 1.165) is 40.2 Å². The summed E-state index contributed by atoms with van der Waals surface area (Å²) in [6, 6.07) is 24.5. The SMILES string of the molecule is Cc1ccc(C)c(OCC(O)Cn2c(Cc3ccccc3)nc3ccccc32)c1. The lowest BCUT2D eigenvalue weighted by molar-refractivity contribution is 0.0924. The van der Waals surface area contributed by atoms with E-state index < -0.39 is 6.10 Å². The van der Waals surface area contributed by atoms with Crippen LogP contribution in [0.5, 0.6) is 5.75 Å². The summed E-state index contributed by atoms with van der Waals surface area (Å²) in [6.07, 6.45) is 0.0853. The van der Waals surface area contributed by atoms with Crippen LogP contribution in [0.3, 0.4) is 0 Å². The van der Waals surface area contributed by atoms with E-state index >= 15 is 0 Å². The molecule has 4 rings (SSSR count). The van der Waals surface area contributed by atoms with E-state index in [9.17, 15) is 5.11 Å². The molecule has 0 spiro atoms. The van der Waals surface area contributed by atoms with Crippen LogP contribution in [0.25, 0.3) is 11.0 Å². The maximum Gasteiger partial charge on any atom is 0.122 e. The van der Waals surface area contributed by atoms with Gasteiger partial charge in [-0.05, 0) is 48.7 Å². The van der Waals surface area contributed by atoms with Crippen molar-refractivity contribution in [1.82, 2.24) is 9.55 Å². The lowest BCUT2D eigenvalue weighted by Crippen LogP contribution is -2.25. The van der Waals surface area contributed by atoms with Crippen LogP contribution in [0, 0.1) is 13.8 Å². The van der Waals surface area contributed by atoms with E-state index in [1.165, 1.54) is 5.56 Å². The Morgan fingerprint density at radius 2 is 1.72 bits per heavy atom. The molecule has 0 amide bonds. The molecule has 0 aliphatic rings. The molecule has 1 heterocycles. The largest absolute Gasteiger partial charge is 0.491 e. The molecular formula is C25H26N2O2. The van der Waals surface area contributed by atoms with Crippen LogP contribution in [0.2, 0.25) is 0 Å². The fourth-order valence-corrected chi connectivity index (χ4v) is 3.55. The number of rotatable bonds is 7. The molecule has 0 bridgehead atoms. The van der Waals surface area contributed by atoms with Gasteiger partial charge >= 0.3 is 0 Å². The Hall–Kier alpha value is -3.11. The van der Waals surface area contributed by atoms with Crippen molar-refractivity contribution in [3.63, 3.8) is 0 Å². The zero-order chi connectivity index (χ0) is 20.2. The second kappa shape index (κ2) is 8.50. The topological polar surface area (TPSA) is 47.3 Å². The molecule has 0 saturated heterocycles. The number of para-hydroxylation sites is 2. The van der Waals surface area contributed by atoms with Gasteiger partial charge in [-0.3, -0.25) is 0 Å². The second-order valence-electron chi connectivity index (χ2n) is 7.52. The zero-order valence-electron chi connectivity index (χ0n) is 16.9. The first-order valence-corrected chi connectivity index (χ1v) is 9.96. The van der Waals surface area contributed by atoms with Gasteiger partial charge in [-0.25, -0.2) is 4.98 Å². The lowest BCUT2D eigenvalue weighted by atomic mass is 10.1. The predicted molar refractivity (Wildman–Crippen MR) is 116 cm³/mol. The standard InChI is InChI=1S/C25H26N2O2/c1-18-12-13-19(2)24(14-18)29-17-21(28)16-27-23-11-7-6-10-22(23)26-25(27)15-20-8-4-3-5-9-20/h3-14,21,28H,15-17H2,1-2H3. The lowest BCUT2D eigenvalue weighted by Gasteiger charge is -2.17. The monoisotopic (exact) mass is 386 g/mol. The van der Waals surface area contributed by atoms with Gasteiger partial charge in [0, 0.05) is 6.42 Å². The maximum atomic E-state index is 10.7. The minimum absolute atomic E-state index is 0.238. The molecule has 1 unspecified atom stereocenters. The Balaban J connectivity index is 1.54. The van der Waals surface area contributed by atoms with Gasteiger partial charge in [0.25, 0.3) is 0 Å². The number of hydrogen-bond donors (Lipinski definition) is 1. The molecule has 29 heavy (non-hydrogen) atoms. The molecule has 4 heteroatoms. The number of aliphatic hydroxyl groups is 1. The number of imidazole rings is 1. The molecule has 3 aromatic carbocycles. The Morgan fingerprint density at radius 1 is 0.966 bits per heavy atom. The van der Waals surface area contributed by atoms with Crippen LogP contribution in [0.1, 0.15) is 22.5 Å². The fourth-order valence-electron chi connectivity index (χ4n) is 3.55. The predicted octanol–water partition coefficient (Wildman–Crippen LogP) is 4.68. The third-order valence-corrected chi connectivity index (χ3v) is 5.11. The molecule has 0 fully saturated rings. The van der Waals surface area contributed by atoms with Crippen LogP contribution in [0.4, 0.5) is 0 Å². The average molecular weight is 386 g/mol. The Kier molecular flexibility index (Phi) is 5.63. The van der Waals surface area contributed by atoms with Gasteiger partial charge in [-0.15, -0.1) is 0 Å². The normalized spacial score (nSPS) is 12.2. The molecule has 0 radical (unpaired) electrons. The van der Waals surface area contributed by atoms with Gasteiger partial charge in [0.15, 0.2) is 0 Å². The summed E-state index contributed by atoms with van der Waals surface area (Å²) in [5.74, 6) is 1.77. The summed E-state index contributed by atoms with van der Waals surface area (Å²) in [5, 5.41) is 10.7. The molecule has 1 N–H and O–H groups in total. The zero-order valence-corrected chi connectivity index (χ0v) is 16.9. The first kappa shape index (κ1) is 19.2. The number of benzene rings is 3. The summed E-state index contributed by atoms with van der Waals surface area (Å²) in [5.41, 5.74) is 5.39. The summed E-state index contributed by atoms with van der Waals surface area (Å²) in [4.78, 5) is 4.82. The summed E-state index contributed by atoms with van der Waals surface area (Å²) in [6.45, 7) is 4.73. The van der Waals surface area contributed by atoms with Crippen molar-refractivity contribution in [2.75, 3.05) is 6.61 Å². The Labute approximate surface area is 171 Å². The number of fused-ring (bicyclic) bond motifs is 1. The van der Waals surface area contributed by atoms with Crippen molar-refractivity contribution in [3.05, 3.63) is 95.3 Å². The highest BCUT2D eigenvalue weighted by Crippen LogP contribution is 2.21. The van der Waals surface area contributed by atoms with Gasteiger partial charge in [0.2, 0.25) is 0 Å². The van der Waals surface area contributed by atoms with Gasteiger partial charge in [-0.1, -0.05) is 54.6 Å². The van der Waals surface area contributed by atoms with Crippen molar-refractivity contribution < 1.29 is 9.84 Å². The maximum absolute atomic E-state index is 10.7. The molecule has 4 nitrogen and oxygen atoms in total. The molecule has 0 aliphatic carbocycles. The van der Waals surface area contributed by atoms with Crippen molar-refractivity contribution in [1.29, 1.82) is 0 Å². The highest BCUT2D eigenvalue weighted by atomic mass is 16.5. The number of aryl methyl sites for hydroxylation is 2. The highest BCUT2D eigenvalue weighted by molar-refractivity contribution is 5.76. The van der Waals surface area contributed by atoms with Crippen LogP contribution >= 0.6 is 0 Å². The first-order valence-electron chi connectivity index (χ1n) is 9.96. The minimum Gasteiger partial charge on any atom is -0.491 e. The van der Waals surface area contributed by atoms with Crippen LogP contribution < -0.4 is 4.74 Å². The number of ether oxygens (including phenoxy) is 1. The molecule has 0 saturated carbocycles. The third kappa shape index (κ3) is 4.49. The van der Waals surface area contributed by atoms with E-state index in [-0.39, 0.29) is 6.61 Å². The highest BCUT2D eigenvalue weighted by Gasteiger charge is 2.15. The van der Waals surface area contributed by atoms with Gasteiger partial charge < -0.3 is 14.4 Å². The van der Waals surface area contributed by atoms with Crippen LogP contribution in [0.15, 0.2) is 72.8 Å². The number of nitrogens with zero attached hydrogens (tertiary/aromatic N) is 2. The summed E-state index contributed by atoms with van der Waals surface area (Å²) < 4.78 is 8.03. The second-order valence-corrected chi connectivity index (χ2v) is 7.52.